The zero-order valence-corrected chi connectivity index (χ0v) is 18.0. The molecule has 30 heavy (non-hydrogen) atoms. The zero-order chi connectivity index (χ0) is 21.3. The lowest BCUT2D eigenvalue weighted by molar-refractivity contribution is -0.151. The van der Waals surface area contributed by atoms with Crippen LogP contribution in [0.15, 0.2) is 12.1 Å². The average Bonchev–Trinajstić information content (AvgIpc) is 3.18. The predicted octanol–water partition coefficient (Wildman–Crippen LogP) is 5.15. The maximum atomic E-state index is 12.2. The first-order chi connectivity index (χ1) is 14.5. The van der Waals surface area contributed by atoms with Crippen LogP contribution >= 0.6 is 0 Å². The first-order valence-corrected chi connectivity index (χ1v) is 11.3. The molecule has 6 nitrogen and oxygen atoms in total. The Balaban J connectivity index is 1.68. The maximum absolute atomic E-state index is 12.2. The fourth-order valence-corrected chi connectivity index (χ4v) is 5.43. The number of nitriles is 1. The number of carbonyl (C=O) groups excluding carboxylic acids is 1. The van der Waals surface area contributed by atoms with E-state index in [1.807, 2.05) is 6.07 Å². The van der Waals surface area contributed by atoms with E-state index in [2.05, 4.69) is 23.7 Å². The molecule has 0 unspecified atom stereocenters. The molecule has 0 atom stereocenters. The Morgan fingerprint density at radius 1 is 1.27 bits per heavy atom. The van der Waals surface area contributed by atoms with Crippen LogP contribution in [0, 0.1) is 16.7 Å². The lowest BCUT2D eigenvalue weighted by Crippen LogP contribution is -2.34. The van der Waals surface area contributed by atoms with Gasteiger partial charge in [0.1, 0.15) is 5.75 Å². The number of aromatic nitrogens is 2. The van der Waals surface area contributed by atoms with E-state index < -0.39 is 11.4 Å². The minimum absolute atomic E-state index is 0.214. The molecule has 0 saturated heterocycles. The Labute approximate surface area is 177 Å². The van der Waals surface area contributed by atoms with Crippen molar-refractivity contribution in [2.24, 2.45) is 5.41 Å². The van der Waals surface area contributed by atoms with E-state index in [1.165, 1.54) is 26.4 Å². The van der Waals surface area contributed by atoms with E-state index in [0.717, 1.165) is 54.3 Å². The van der Waals surface area contributed by atoms with Crippen molar-refractivity contribution in [1.82, 2.24) is 9.78 Å². The van der Waals surface area contributed by atoms with Crippen molar-refractivity contribution in [3.05, 3.63) is 23.4 Å². The molecule has 0 radical (unpaired) electrons. The van der Waals surface area contributed by atoms with Gasteiger partial charge in [-0.2, -0.15) is 10.4 Å². The molecule has 2 aromatic rings. The van der Waals surface area contributed by atoms with Gasteiger partial charge in [-0.05, 0) is 68.6 Å². The summed E-state index contributed by atoms with van der Waals surface area (Å²) >= 11 is 0. The van der Waals surface area contributed by atoms with Gasteiger partial charge in [-0.3, -0.25) is 9.48 Å². The normalized spacial score (nSPS) is 25.2. The van der Waals surface area contributed by atoms with Gasteiger partial charge < -0.3 is 9.84 Å². The van der Waals surface area contributed by atoms with Gasteiger partial charge in [-0.25, -0.2) is 0 Å². The van der Waals surface area contributed by atoms with E-state index in [1.54, 1.807) is 0 Å². The van der Waals surface area contributed by atoms with Crippen molar-refractivity contribution >= 4 is 16.9 Å². The van der Waals surface area contributed by atoms with Crippen molar-refractivity contribution in [2.75, 3.05) is 7.11 Å². The first kappa shape index (κ1) is 20.7. The van der Waals surface area contributed by atoms with Gasteiger partial charge in [0.25, 0.3) is 0 Å². The third-order valence-electron chi connectivity index (χ3n) is 7.24. The van der Waals surface area contributed by atoms with Crippen LogP contribution in [0.1, 0.15) is 87.9 Å². The summed E-state index contributed by atoms with van der Waals surface area (Å²) in [7, 11) is 1.34. The van der Waals surface area contributed by atoms with E-state index in [4.69, 9.17) is 9.84 Å². The van der Waals surface area contributed by atoms with Crippen LogP contribution < -0.4 is 0 Å². The number of aromatic hydroxyl groups is 1. The van der Waals surface area contributed by atoms with Gasteiger partial charge in [0.2, 0.25) is 0 Å². The van der Waals surface area contributed by atoms with E-state index in [9.17, 15) is 15.2 Å². The lowest BCUT2D eigenvalue weighted by Gasteiger charge is -2.33. The van der Waals surface area contributed by atoms with Crippen LogP contribution in [-0.4, -0.2) is 28.0 Å². The van der Waals surface area contributed by atoms with Crippen LogP contribution in [0.3, 0.4) is 0 Å². The molecule has 0 aliphatic heterocycles. The van der Waals surface area contributed by atoms with Crippen LogP contribution in [0.2, 0.25) is 0 Å². The highest BCUT2D eigenvalue weighted by Gasteiger charge is 2.43. The fraction of sp³-hybridized carbons (Fsp3) is 0.625. The summed E-state index contributed by atoms with van der Waals surface area (Å²) in [5, 5.41) is 26.3. The number of methoxy groups -OCH3 is 1. The van der Waals surface area contributed by atoms with E-state index in [-0.39, 0.29) is 5.92 Å². The second kappa shape index (κ2) is 8.29. The lowest BCUT2D eigenvalue weighted by atomic mass is 9.69. The van der Waals surface area contributed by atoms with Gasteiger partial charge in [0.05, 0.1) is 35.8 Å². The number of ether oxygens (including phenoxy) is 1. The Hall–Kier alpha value is -2.55. The molecule has 1 aromatic carbocycles. The number of carbonyl (C=O) groups is 1. The molecule has 2 fully saturated rings. The second-order valence-corrected chi connectivity index (χ2v) is 8.93. The van der Waals surface area contributed by atoms with Gasteiger partial charge >= 0.3 is 5.97 Å². The Morgan fingerprint density at radius 2 is 1.97 bits per heavy atom. The number of hydrogen-bond acceptors (Lipinski definition) is 5. The number of rotatable bonds is 4. The molecule has 0 amide bonds. The molecule has 1 heterocycles. The third kappa shape index (κ3) is 3.45. The summed E-state index contributed by atoms with van der Waals surface area (Å²) in [5.74, 6) is 0.0856. The summed E-state index contributed by atoms with van der Waals surface area (Å²) in [6.07, 6.45) is 9.24. The summed E-state index contributed by atoms with van der Waals surface area (Å²) < 4.78 is 7.05. The average molecular weight is 410 g/mol. The number of esters is 1. The smallest absolute Gasteiger partial charge is 0.326 e. The molecule has 4 rings (SSSR count). The summed E-state index contributed by atoms with van der Waals surface area (Å²) in [4.78, 5) is 12.2. The SMILES string of the molecule is CCc1nn(C2CCCCC2)c2cc(C3CCC(C#N)(C(=O)OC)CC3)cc(O)c12. The monoisotopic (exact) mass is 409 g/mol. The molecule has 0 spiro atoms. The van der Waals surface area contributed by atoms with Crippen LogP contribution in [0.25, 0.3) is 10.9 Å². The minimum Gasteiger partial charge on any atom is -0.507 e. The molecule has 2 aliphatic carbocycles. The van der Waals surface area contributed by atoms with Crippen LogP contribution in [-0.2, 0) is 16.0 Å². The summed E-state index contributed by atoms with van der Waals surface area (Å²) in [6.45, 7) is 2.08. The van der Waals surface area contributed by atoms with Gasteiger partial charge in [0.15, 0.2) is 5.41 Å². The van der Waals surface area contributed by atoms with E-state index >= 15 is 0 Å². The highest BCUT2D eigenvalue weighted by Crippen LogP contribution is 2.45. The van der Waals surface area contributed by atoms with Gasteiger partial charge in [-0.1, -0.05) is 26.2 Å². The zero-order valence-electron chi connectivity index (χ0n) is 18.0. The molecule has 0 bridgehead atoms. The quantitative estimate of drug-likeness (QED) is 0.706. The number of fused-ring (bicyclic) bond motifs is 1. The highest BCUT2D eigenvalue weighted by molar-refractivity contribution is 5.89. The summed E-state index contributed by atoms with van der Waals surface area (Å²) in [6, 6.07) is 6.67. The standard InChI is InChI=1S/C24H31N3O3/c1-3-19-22-20(27(26-19)18-7-5-4-6-8-18)13-17(14-21(22)28)16-9-11-24(15-25,12-10-16)23(29)30-2/h13-14,16,18,28H,3-12H2,1-2H3. The number of phenols is 1. The van der Waals surface area contributed by atoms with Crippen molar-refractivity contribution in [3.63, 3.8) is 0 Å². The first-order valence-electron chi connectivity index (χ1n) is 11.3. The molecule has 2 aliphatic rings. The maximum Gasteiger partial charge on any atom is 0.326 e. The Morgan fingerprint density at radius 3 is 2.57 bits per heavy atom. The summed E-state index contributed by atoms with van der Waals surface area (Å²) in [5.41, 5.74) is 2.03. The van der Waals surface area contributed by atoms with Crippen LogP contribution in [0.4, 0.5) is 0 Å². The number of phenolic OH excluding ortho intramolecular Hbond substituents is 1. The number of benzene rings is 1. The highest BCUT2D eigenvalue weighted by atomic mass is 16.5. The number of aryl methyl sites for hydroxylation is 1. The largest absolute Gasteiger partial charge is 0.507 e. The number of hydrogen-bond donors (Lipinski definition) is 1. The van der Waals surface area contributed by atoms with Gasteiger partial charge in [-0.15, -0.1) is 0 Å². The van der Waals surface area contributed by atoms with Crippen LogP contribution in [0.5, 0.6) is 5.75 Å². The number of nitrogens with zero attached hydrogens (tertiary/aromatic N) is 3. The minimum atomic E-state index is -1.03. The van der Waals surface area contributed by atoms with Gasteiger partial charge in [0, 0.05) is 0 Å². The van der Waals surface area contributed by atoms with Crippen molar-refractivity contribution in [1.29, 1.82) is 5.26 Å². The van der Waals surface area contributed by atoms with E-state index in [0.29, 0.717) is 24.6 Å². The molecular weight excluding hydrogens is 378 g/mol. The molecule has 2 saturated carbocycles. The molecular formula is C24H31N3O3. The predicted molar refractivity (Wildman–Crippen MR) is 114 cm³/mol. The Kier molecular flexibility index (Phi) is 5.73. The molecule has 1 N–H and O–H groups in total. The fourth-order valence-electron chi connectivity index (χ4n) is 5.43. The van der Waals surface area contributed by atoms with Crippen molar-refractivity contribution in [2.45, 2.75) is 83.1 Å². The second-order valence-electron chi connectivity index (χ2n) is 8.93. The van der Waals surface area contributed by atoms with Crippen molar-refractivity contribution < 1.29 is 14.6 Å². The Bertz CT molecular complexity index is 974. The topological polar surface area (TPSA) is 88.1 Å². The molecule has 6 heteroatoms. The molecule has 1 aromatic heterocycles. The third-order valence-corrected chi connectivity index (χ3v) is 7.24. The van der Waals surface area contributed by atoms with Crippen molar-refractivity contribution in [3.8, 4) is 11.8 Å². The molecule has 160 valence electrons.